The number of benzene rings is 2. The highest BCUT2D eigenvalue weighted by Crippen LogP contribution is 2.24. The van der Waals surface area contributed by atoms with Gasteiger partial charge in [-0.3, -0.25) is 4.79 Å². The van der Waals surface area contributed by atoms with Gasteiger partial charge in [-0.05, 0) is 29.8 Å². The van der Waals surface area contributed by atoms with Crippen molar-refractivity contribution < 1.29 is 4.79 Å². The van der Waals surface area contributed by atoms with E-state index in [0.717, 1.165) is 15.6 Å². The number of hydrogen-bond donors (Lipinski definition) is 1. The van der Waals surface area contributed by atoms with Crippen molar-refractivity contribution in [3.8, 4) is 11.4 Å². The van der Waals surface area contributed by atoms with Gasteiger partial charge in [-0.2, -0.15) is 5.10 Å². The molecule has 0 unspecified atom stereocenters. The van der Waals surface area contributed by atoms with E-state index in [-0.39, 0.29) is 11.7 Å². The molecule has 0 radical (unpaired) electrons. The Bertz CT molecular complexity index is 974. The third kappa shape index (κ3) is 5.41. The Morgan fingerprint density at radius 1 is 1.30 bits per heavy atom. The van der Waals surface area contributed by atoms with Gasteiger partial charge in [0.15, 0.2) is 11.0 Å². The fraction of sp³-hybridized carbons (Fsp3) is 0.111. The summed E-state index contributed by atoms with van der Waals surface area (Å²) < 4.78 is 2.82. The van der Waals surface area contributed by atoms with Gasteiger partial charge in [0.25, 0.3) is 5.91 Å². The van der Waals surface area contributed by atoms with Crippen LogP contribution < -0.4 is 5.43 Å². The first kappa shape index (κ1) is 19.6. The minimum absolute atomic E-state index is 0.180. The van der Waals surface area contributed by atoms with E-state index in [1.165, 1.54) is 11.8 Å². The molecule has 1 amide bonds. The fourth-order valence-corrected chi connectivity index (χ4v) is 3.37. The molecule has 6 nitrogen and oxygen atoms in total. The number of hydrogen-bond acceptors (Lipinski definition) is 5. The molecule has 27 heavy (non-hydrogen) atoms. The number of hydrazone groups is 1. The summed E-state index contributed by atoms with van der Waals surface area (Å²) in [5.74, 6) is 0.647. The highest BCUT2D eigenvalue weighted by atomic mass is 79.9. The molecule has 138 valence electrons. The molecule has 0 fully saturated rings. The van der Waals surface area contributed by atoms with Crippen LogP contribution in [0.5, 0.6) is 0 Å². The van der Waals surface area contributed by atoms with Crippen LogP contribution in [0, 0.1) is 0 Å². The molecule has 1 N–H and O–H groups in total. The Hall–Kier alpha value is -2.16. The summed E-state index contributed by atoms with van der Waals surface area (Å²) in [7, 11) is 1.85. The molecule has 0 aliphatic heterocycles. The van der Waals surface area contributed by atoms with Crippen LogP contribution in [0.4, 0.5) is 0 Å². The Morgan fingerprint density at radius 2 is 2.07 bits per heavy atom. The summed E-state index contributed by atoms with van der Waals surface area (Å²) in [6.45, 7) is 0. The molecule has 0 saturated heterocycles. The minimum atomic E-state index is -0.222. The smallest absolute Gasteiger partial charge is 0.250 e. The van der Waals surface area contributed by atoms with E-state index in [1.807, 2.05) is 54.1 Å². The zero-order chi connectivity index (χ0) is 19.2. The van der Waals surface area contributed by atoms with E-state index >= 15 is 0 Å². The lowest BCUT2D eigenvalue weighted by molar-refractivity contribution is -0.118. The Labute approximate surface area is 174 Å². The van der Waals surface area contributed by atoms with Crippen molar-refractivity contribution in [1.82, 2.24) is 20.2 Å². The van der Waals surface area contributed by atoms with Crippen LogP contribution in [0.1, 0.15) is 5.56 Å². The van der Waals surface area contributed by atoms with Gasteiger partial charge in [0.2, 0.25) is 0 Å². The van der Waals surface area contributed by atoms with Crippen molar-refractivity contribution in [2.45, 2.75) is 5.16 Å². The maximum Gasteiger partial charge on any atom is 0.250 e. The molecule has 0 bridgehead atoms. The van der Waals surface area contributed by atoms with Gasteiger partial charge >= 0.3 is 0 Å². The van der Waals surface area contributed by atoms with Gasteiger partial charge in [-0.15, -0.1) is 10.2 Å². The summed E-state index contributed by atoms with van der Waals surface area (Å²) in [5, 5.41) is 13.5. The summed E-state index contributed by atoms with van der Waals surface area (Å²) in [5.41, 5.74) is 4.27. The number of carbonyl (C=O) groups excluding carboxylic acids is 1. The average Bonchev–Trinajstić information content (AvgIpc) is 3.02. The van der Waals surface area contributed by atoms with E-state index in [4.69, 9.17) is 11.6 Å². The Kier molecular flexibility index (Phi) is 6.65. The van der Waals surface area contributed by atoms with Gasteiger partial charge in [-0.1, -0.05) is 63.6 Å². The van der Waals surface area contributed by atoms with E-state index in [1.54, 1.807) is 12.3 Å². The van der Waals surface area contributed by atoms with Gasteiger partial charge in [-0.25, -0.2) is 5.43 Å². The van der Waals surface area contributed by atoms with E-state index < -0.39 is 0 Å². The predicted octanol–water partition coefficient (Wildman–Crippen LogP) is 4.14. The van der Waals surface area contributed by atoms with Gasteiger partial charge in [0.1, 0.15) is 0 Å². The number of thioether (sulfide) groups is 1. The first-order chi connectivity index (χ1) is 13.0. The second-order valence-electron chi connectivity index (χ2n) is 5.51. The van der Waals surface area contributed by atoms with Crippen LogP contribution in [0.15, 0.2) is 63.3 Å². The van der Waals surface area contributed by atoms with Crippen LogP contribution in [-0.4, -0.2) is 32.6 Å². The number of amides is 1. The molecule has 2 aromatic carbocycles. The molecule has 1 aromatic heterocycles. The molecule has 0 spiro atoms. The summed E-state index contributed by atoms with van der Waals surface area (Å²) >= 11 is 10.7. The van der Waals surface area contributed by atoms with E-state index in [9.17, 15) is 4.79 Å². The van der Waals surface area contributed by atoms with Crippen LogP contribution in [-0.2, 0) is 11.8 Å². The summed E-state index contributed by atoms with van der Waals surface area (Å²) in [6.07, 6.45) is 1.59. The minimum Gasteiger partial charge on any atom is -0.305 e. The third-order valence-corrected chi connectivity index (χ3v) is 5.31. The second kappa shape index (κ2) is 9.16. The number of halogens is 2. The maximum absolute atomic E-state index is 12.0. The molecule has 3 aromatic rings. The van der Waals surface area contributed by atoms with Crippen molar-refractivity contribution in [2.75, 3.05) is 5.75 Å². The molecule has 1 heterocycles. The lowest BCUT2D eigenvalue weighted by Gasteiger charge is -2.04. The monoisotopic (exact) mass is 463 g/mol. The first-order valence-electron chi connectivity index (χ1n) is 7.88. The molecular formula is C18H15BrClN5OS. The van der Waals surface area contributed by atoms with E-state index in [0.29, 0.717) is 16.0 Å². The Balaban J connectivity index is 1.55. The second-order valence-corrected chi connectivity index (χ2v) is 7.80. The molecule has 3 rings (SSSR count). The highest BCUT2D eigenvalue weighted by molar-refractivity contribution is 9.10. The molecule has 0 atom stereocenters. The zero-order valence-corrected chi connectivity index (χ0v) is 17.4. The van der Waals surface area contributed by atoms with Gasteiger partial charge in [0.05, 0.1) is 12.0 Å². The lowest BCUT2D eigenvalue weighted by atomic mass is 10.2. The number of nitrogens with one attached hydrogen (secondary N) is 1. The third-order valence-electron chi connectivity index (χ3n) is 3.52. The predicted molar refractivity (Wildman–Crippen MR) is 112 cm³/mol. The summed E-state index contributed by atoms with van der Waals surface area (Å²) in [6, 6.07) is 15.0. The SMILES string of the molecule is Cn1c(SCC(=O)N/N=C/c2ccc(Br)cc2)nnc1-c1cccc(Cl)c1. The van der Waals surface area contributed by atoms with Crippen LogP contribution in [0.2, 0.25) is 5.02 Å². The molecule has 9 heteroatoms. The van der Waals surface area contributed by atoms with Crippen LogP contribution in [0.3, 0.4) is 0 Å². The van der Waals surface area contributed by atoms with Crippen molar-refractivity contribution in [3.63, 3.8) is 0 Å². The fourth-order valence-electron chi connectivity index (χ4n) is 2.21. The quantitative estimate of drug-likeness (QED) is 0.338. The number of aromatic nitrogens is 3. The topological polar surface area (TPSA) is 72.2 Å². The average molecular weight is 465 g/mol. The van der Waals surface area contributed by atoms with Crippen molar-refractivity contribution in [2.24, 2.45) is 12.1 Å². The lowest BCUT2D eigenvalue weighted by Crippen LogP contribution is -2.19. The van der Waals surface area contributed by atoms with E-state index in [2.05, 4.69) is 36.7 Å². The van der Waals surface area contributed by atoms with Crippen molar-refractivity contribution in [3.05, 3.63) is 63.6 Å². The normalized spacial score (nSPS) is 11.1. The molecule has 0 aliphatic rings. The van der Waals surface area contributed by atoms with Gasteiger partial charge < -0.3 is 4.57 Å². The van der Waals surface area contributed by atoms with Crippen molar-refractivity contribution in [1.29, 1.82) is 0 Å². The molecule has 0 saturated carbocycles. The van der Waals surface area contributed by atoms with Crippen molar-refractivity contribution >= 4 is 51.4 Å². The molecule has 0 aliphatic carbocycles. The van der Waals surface area contributed by atoms with Crippen LogP contribution in [0.25, 0.3) is 11.4 Å². The first-order valence-corrected chi connectivity index (χ1v) is 10.0. The largest absolute Gasteiger partial charge is 0.305 e. The number of rotatable bonds is 6. The number of nitrogens with zero attached hydrogens (tertiary/aromatic N) is 4. The maximum atomic E-state index is 12.0. The van der Waals surface area contributed by atoms with Crippen LogP contribution >= 0.6 is 39.3 Å². The summed E-state index contributed by atoms with van der Waals surface area (Å²) in [4.78, 5) is 12.0. The number of carbonyl (C=O) groups is 1. The molecular weight excluding hydrogens is 450 g/mol. The Morgan fingerprint density at radius 3 is 2.81 bits per heavy atom. The standard InChI is InChI=1S/C18H15BrClN5OS/c1-25-17(13-3-2-4-15(20)9-13)23-24-18(25)27-11-16(26)22-21-10-12-5-7-14(19)8-6-12/h2-10H,11H2,1H3,(H,22,26)/b21-10+. The zero-order valence-electron chi connectivity index (χ0n) is 14.3. The van der Waals surface area contributed by atoms with Gasteiger partial charge in [0, 0.05) is 22.1 Å². The highest BCUT2D eigenvalue weighted by Gasteiger charge is 2.13.